The third-order valence-electron chi connectivity index (χ3n) is 4.12. The van der Waals surface area contributed by atoms with Crippen molar-refractivity contribution in [2.75, 3.05) is 38.1 Å². The van der Waals surface area contributed by atoms with E-state index in [0.717, 1.165) is 41.5 Å². The van der Waals surface area contributed by atoms with Crippen molar-refractivity contribution in [2.24, 2.45) is 12.0 Å². The van der Waals surface area contributed by atoms with Crippen LogP contribution < -0.4 is 16.0 Å². The third kappa shape index (κ3) is 6.18. The van der Waals surface area contributed by atoms with Gasteiger partial charge in [0.2, 0.25) is 0 Å². The van der Waals surface area contributed by atoms with Crippen molar-refractivity contribution in [3.63, 3.8) is 0 Å². The first-order valence-electron chi connectivity index (χ1n) is 9.76. The Hall–Kier alpha value is -3.14. The number of hydrogen-bond acceptors (Lipinski definition) is 7. The SMILES string of the molecule is CCNC(=NCCCOCc1ccco1)NCCNc1ncnc2c1cnn2C. The minimum Gasteiger partial charge on any atom is -0.467 e. The van der Waals surface area contributed by atoms with Crippen LogP contribution in [0.25, 0.3) is 11.0 Å². The van der Waals surface area contributed by atoms with Crippen molar-refractivity contribution in [2.45, 2.75) is 20.0 Å². The molecule has 0 fully saturated rings. The van der Waals surface area contributed by atoms with Gasteiger partial charge in [-0.15, -0.1) is 0 Å². The van der Waals surface area contributed by atoms with Crippen molar-refractivity contribution >= 4 is 22.8 Å². The molecule has 0 bridgehead atoms. The summed E-state index contributed by atoms with van der Waals surface area (Å²) in [6, 6.07) is 3.76. The maximum atomic E-state index is 5.57. The minimum atomic E-state index is 0.494. The summed E-state index contributed by atoms with van der Waals surface area (Å²) in [5.74, 6) is 2.40. The second kappa shape index (κ2) is 11.0. The van der Waals surface area contributed by atoms with Gasteiger partial charge in [-0.3, -0.25) is 9.67 Å². The summed E-state index contributed by atoms with van der Waals surface area (Å²) in [7, 11) is 1.86. The van der Waals surface area contributed by atoms with Crippen LogP contribution >= 0.6 is 0 Å². The molecule has 0 amide bonds. The first-order chi connectivity index (χ1) is 14.3. The van der Waals surface area contributed by atoms with Crippen molar-refractivity contribution < 1.29 is 9.15 Å². The van der Waals surface area contributed by atoms with Gasteiger partial charge in [-0.25, -0.2) is 9.97 Å². The zero-order valence-corrected chi connectivity index (χ0v) is 16.9. The number of guanidine groups is 1. The van der Waals surface area contributed by atoms with Gasteiger partial charge in [0.25, 0.3) is 0 Å². The van der Waals surface area contributed by atoms with E-state index < -0.39 is 0 Å². The molecule has 29 heavy (non-hydrogen) atoms. The lowest BCUT2D eigenvalue weighted by Crippen LogP contribution is -2.39. The Morgan fingerprint density at radius 2 is 2.21 bits per heavy atom. The Balaban J connectivity index is 1.36. The highest BCUT2D eigenvalue weighted by molar-refractivity contribution is 5.86. The third-order valence-corrected chi connectivity index (χ3v) is 4.12. The molecular formula is C19H28N8O2. The number of aliphatic imine (C=N–C) groups is 1. The second-order valence-corrected chi connectivity index (χ2v) is 6.33. The zero-order valence-electron chi connectivity index (χ0n) is 16.9. The fourth-order valence-corrected chi connectivity index (χ4v) is 2.73. The van der Waals surface area contributed by atoms with Crippen LogP contribution in [0.15, 0.2) is 40.3 Å². The van der Waals surface area contributed by atoms with E-state index >= 15 is 0 Å². The molecule has 0 aliphatic heterocycles. The molecule has 10 heteroatoms. The van der Waals surface area contributed by atoms with Gasteiger partial charge < -0.3 is 25.1 Å². The quantitative estimate of drug-likeness (QED) is 0.252. The Morgan fingerprint density at radius 3 is 3.03 bits per heavy atom. The number of hydrogen-bond donors (Lipinski definition) is 3. The first-order valence-corrected chi connectivity index (χ1v) is 9.76. The van der Waals surface area contributed by atoms with Crippen molar-refractivity contribution in [1.29, 1.82) is 0 Å². The molecule has 3 aromatic rings. The lowest BCUT2D eigenvalue weighted by molar-refractivity contribution is 0.105. The summed E-state index contributed by atoms with van der Waals surface area (Å²) in [6.45, 7) is 6.06. The topological polar surface area (TPSA) is 114 Å². The van der Waals surface area contributed by atoms with Gasteiger partial charge in [-0.2, -0.15) is 5.10 Å². The number of rotatable bonds is 11. The van der Waals surface area contributed by atoms with E-state index in [4.69, 9.17) is 9.15 Å². The zero-order chi connectivity index (χ0) is 20.3. The van der Waals surface area contributed by atoms with E-state index in [0.29, 0.717) is 32.8 Å². The fourth-order valence-electron chi connectivity index (χ4n) is 2.73. The summed E-state index contributed by atoms with van der Waals surface area (Å²) in [6.07, 6.45) is 5.80. The molecule has 0 radical (unpaired) electrons. The standard InChI is InChI=1S/C19H28N8O2/c1-3-20-19(22-7-5-10-28-13-15-6-4-11-29-15)23-9-8-21-17-16-12-26-27(2)18(16)25-14-24-17/h4,6,11-12,14H,3,5,7-10,13H2,1-2H3,(H2,20,22,23)(H,21,24,25). The van der Waals surface area contributed by atoms with Gasteiger partial charge in [0.1, 0.15) is 24.5 Å². The average molecular weight is 400 g/mol. The van der Waals surface area contributed by atoms with Crippen LogP contribution in [-0.4, -0.2) is 58.5 Å². The number of ether oxygens (including phenoxy) is 1. The van der Waals surface area contributed by atoms with E-state index in [1.165, 1.54) is 0 Å². The molecule has 3 heterocycles. The maximum Gasteiger partial charge on any atom is 0.191 e. The summed E-state index contributed by atoms with van der Waals surface area (Å²) >= 11 is 0. The van der Waals surface area contributed by atoms with E-state index in [9.17, 15) is 0 Å². The van der Waals surface area contributed by atoms with Gasteiger partial charge in [0.15, 0.2) is 11.6 Å². The molecule has 0 atom stereocenters. The molecule has 3 aromatic heterocycles. The highest BCUT2D eigenvalue weighted by atomic mass is 16.5. The molecule has 10 nitrogen and oxygen atoms in total. The fraction of sp³-hybridized carbons (Fsp3) is 0.474. The molecule has 0 aliphatic carbocycles. The number of fused-ring (bicyclic) bond motifs is 1. The van der Waals surface area contributed by atoms with Gasteiger partial charge in [-0.1, -0.05) is 0 Å². The van der Waals surface area contributed by atoms with Gasteiger partial charge in [0, 0.05) is 39.8 Å². The van der Waals surface area contributed by atoms with Crippen LogP contribution in [0.5, 0.6) is 0 Å². The van der Waals surface area contributed by atoms with Crippen LogP contribution in [0.1, 0.15) is 19.1 Å². The van der Waals surface area contributed by atoms with Gasteiger partial charge >= 0.3 is 0 Å². The van der Waals surface area contributed by atoms with E-state index in [1.807, 2.05) is 26.1 Å². The average Bonchev–Trinajstić information content (AvgIpc) is 3.38. The molecule has 0 aromatic carbocycles. The predicted molar refractivity (Wildman–Crippen MR) is 112 cm³/mol. The monoisotopic (exact) mass is 400 g/mol. The second-order valence-electron chi connectivity index (χ2n) is 6.33. The number of anilines is 1. The first kappa shape index (κ1) is 20.6. The Bertz CT molecular complexity index is 891. The highest BCUT2D eigenvalue weighted by Gasteiger charge is 2.07. The number of furan rings is 1. The van der Waals surface area contributed by atoms with Crippen molar-refractivity contribution in [1.82, 2.24) is 30.4 Å². The van der Waals surface area contributed by atoms with Crippen LogP contribution in [0.2, 0.25) is 0 Å². The summed E-state index contributed by atoms with van der Waals surface area (Å²) in [5, 5.41) is 15.0. The van der Waals surface area contributed by atoms with Crippen molar-refractivity contribution in [3.05, 3.63) is 36.7 Å². The van der Waals surface area contributed by atoms with Crippen molar-refractivity contribution in [3.8, 4) is 0 Å². The van der Waals surface area contributed by atoms with Gasteiger partial charge in [0.05, 0.1) is 17.8 Å². The number of nitrogens with one attached hydrogen (secondary N) is 3. The van der Waals surface area contributed by atoms with E-state index in [1.54, 1.807) is 23.5 Å². The number of nitrogens with zero attached hydrogens (tertiary/aromatic N) is 5. The molecule has 156 valence electrons. The molecule has 3 rings (SSSR count). The van der Waals surface area contributed by atoms with Crippen LogP contribution in [0.4, 0.5) is 5.82 Å². The molecule has 3 N–H and O–H groups in total. The van der Waals surface area contributed by atoms with Crippen LogP contribution in [0, 0.1) is 0 Å². The van der Waals surface area contributed by atoms with E-state index in [-0.39, 0.29) is 0 Å². The Kier molecular flexibility index (Phi) is 7.81. The Labute approximate surface area is 169 Å². The molecule has 0 unspecified atom stereocenters. The molecule has 0 aliphatic rings. The lowest BCUT2D eigenvalue weighted by atomic mass is 10.4. The summed E-state index contributed by atoms with van der Waals surface area (Å²) < 4.78 is 12.5. The maximum absolute atomic E-state index is 5.57. The molecule has 0 spiro atoms. The molecular weight excluding hydrogens is 372 g/mol. The smallest absolute Gasteiger partial charge is 0.191 e. The highest BCUT2D eigenvalue weighted by Crippen LogP contribution is 2.16. The van der Waals surface area contributed by atoms with Crippen LogP contribution in [-0.2, 0) is 18.4 Å². The molecule has 0 saturated heterocycles. The Morgan fingerprint density at radius 1 is 1.28 bits per heavy atom. The predicted octanol–water partition coefficient (Wildman–Crippen LogP) is 1.53. The normalized spacial score (nSPS) is 11.7. The summed E-state index contributed by atoms with van der Waals surface area (Å²) in [4.78, 5) is 13.1. The molecule has 0 saturated carbocycles. The van der Waals surface area contributed by atoms with Gasteiger partial charge in [-0.05, 0) is 25.5 Å². The van der Waals surface area contributed by atoms with E-state index in [2.05, 4.69) is 36.0 Å². The summed E-state index contributed by atoms with van der Waals surface area (Å²) in [5.41, 5.74) is 0.805. The van der Waals surface area contributed by atoms with Crippen LogP contribution in [0.3, 0.4) is 0 Å². The number of aromatic nitrogens is 4. The lowest BCUT2D eigenvalue weighted by Gasteiger charge is -2.12. The number of aryl methyl sites for hydroxylation is 1. The largest absolute Gasteiger partial charge is 0.467 e. The minimum absolute atomic E-state index is 0.494.